The lowest BCUT2D eigenvalue weighted by Crippen LogP contribution is -2.05. The molecule has 0 aliphatic heterocycles. The Morgan fingerprint density at radius 2 is 1.94 bits per heavy atom. The quantitative estimate of drug-likeness (QED) is 0.620. The normalized spacial score (nSPS) is 12.2. The highest BCUT2D eigenvalue weighted by Gasteiger charge is 2.33. The zero-order chi connectivity index (χ0) is 14.1. The topological polar surface area (TPSA) is 57.9 Å². The van der Waals surface area contributed by atoms with Crippen LogP contribution in [0.5, 0.6) is 0 Å². The molecule has 18 heavy (non-hydrogen) atoms. The number of hydrogen-bond acceptors (Lipinski definition) is 4. The summed E-state index contributed by atoms with van der Waals surface area (Å²) >= 11 is -0.585. The number of thioether (sulfide) groups is 1. The van der Waals surface area contributed by atoms with Crippen LogP contribution in [-0.2, 0) is 9.05 Å². The van der Waals surface area contributed by atoms with Gasteiger partial charge in [-0.2, -0.15) is 18.4 Å². The van der Waals surface area contributed by atoms with Crippen molar-refractivity contribution in [2.24, 2.45) is 0 Å². The maximum atomic E-state index is 12.3. The first-order chi connectivity index (χ1) is 8.06. The first kappa shape index (κ1) is 15.1. The minimum atomic E-state index is -4.64. The molecule has 0 saturated heterocycles. The summed E-state index contributed by atoms with van der Waals surface area (Å²) in [5.74, 6) is 0. The number of nitrogens with zero attached hydrogens (tertiary/aromatic N) is 1. The molecule has 0 radical (unpaired) electrons. The van der Waals surface area contributed by atoms with Crippen molar-refractivity contribution < 1.29 is 21.6 Å². The Morgan fingerprint density at radius 3 is 2.33 bits per heavy atom. The van der Waals surface area contributed by atoms with E-state index in [1.807, 2.05) is 0 Å². The van der Waals surface area contributed by atoms with Gasteiger partial charge in [-0.25, -0.2) is 8.42 Å². The van der Waals surface area contributed by atoms with Gasteiger partial charge < -0.3 is 0 Å². The average Bonchev–Trinajstić information content (AvgIpc) is 2.13. The molecule has 0 saturated carbocycles. The SMILES string of the molecule is Cc1c(C#N)ccc(SC(F)(F)F)c1S(=O)(=O)Cl. The van der Waals surface area contributed by atoms with Crippen molar-refractivity contribution in [2.45, 2.75) is 22.2 Å². The second kappa shape index (κ2) is 4.99. The number of halogens is 4. The molecular formula is C9H5ClF3NO2S2. The summed E-state index contributed by atoms with van der Waals surface area (Å²) in [6.07, 6.45) is 0. The predicted molar refractivity (Wildman–Crippen MR) is 60.8 cm³/mol. The lowest BCUT2D eigenvalue weighted by Gasteiger charge is -2.12. The lowest BCUT2D eigenvalue weighted by atomic mass is 10.1. The molecule has 0 aliphatic rings. The van der Waals surface area contributed by atoms with E-state index in [4.69, 9.17) is 15.9 Å². The van der Waals surface area contributed by atoms with Crippen molar-refractivity contribution in [3.05, 3.63) is 23.3 Å². The van der Waals surface area contributed by atoms with E-state index in [-0.39, 0.29) is 11.1 Å². The van der Waals surface area contributed by atoms with Crippen LogP contribution in [0.1, 0.15) is 11.1 Å². The minimum absolute atomic E-state index is 0.0410. The Bertz CT molecular complexity index is 620. The first-order valence-corrected chi connectivity index (χ1v) is 7.43. The van der Waals surface area contributed by atoms with E-state index in [1.165, 1.54) is 6.92 Å². The Hall–Kier alpha value is -0.910. The number of alkyl halides is 3. The molecule has 1 aromatic rings. The standard InChI is InChI=1S/C9H5ClF3NO2S2/c1-5-6(4-14)2-3-7(17-9(11,12)13)8(5)18(10,15)16/h2-3H,1H3. The first-order valence-electron chi connectivity index (χ1n) is 4.30. The third-order valence-corrected chi connectivity index (χ3v) is 4.36. The summed E-state index contributed by atoms with van der Waals surface area (Å²) in [6.45, 7) is 1.23. The van der Waals surface area contributed by atoms with Crippen LogP contribution < -0.4 is 0 Å². The highest BCUT2D eigenvalue weighted by molar-refractivity contribution is 8.14. The zero-order valence-electron chi connectivity index (χ0n) is 8.75. The van der Waals surface area contributed by atoms with Gasteiger partial charge in [0.15, 0.2) is 0 Å². The molecule has 1 rings (SSSR count). The smallest absolute Gasteiger partial charge is 0.207 e. The van der Waals surface area contributed by atoms with Crippen LogP contribution in [-0.4, -0.2) is 13.9 Å². The summed E-state index contributed by atoms with van der Waals surface area (Å²) in [7, 11) is 0.740. The van der Waals surface area contributed by atoms with Gasteiger partial charge in [-0.1, -0.05) is 0 Å². The van der Waals surface area contributed by atoms with E-state index < -0.39 is 36.1 Å². The van der Waals surface area contributed by atoms with E-state index in [2.05, 4.69) is 0 Å². The van der Waals surface area contributed by atoms with Gasteiger partial charge in [0.1, 0.15) is 4.90 Å². The Labute approximate surface area is 110 Å². The van der Waals surface area contributed by atoms with E-state index in [0.717, 1.165) is 12.1 Å². The third kappa shape index (κ3) is 3.54. The van der Waals surface area contributed by atoms with Gasteiger partial charge in [0, 0.05) is 15.6 Å². The summed E-state index contributed by atoms with van der Waals surface area (Å²) in [4.78, 5) is -1.22. The van der Waals surface area contributed by atoms with Crippen LogP contribution in [0.15, 0.2) is 21.9 Å². The lowest BCUT2D eigenvalue weighted by molar-refractivity contribution is -0.0328. The van der Waals surface area contributed by atoms with Crippen LogP contribution in [0.4, 0.5) is 13.2 Å². The number of hydrogen-bond donors (Lipinski definition) is 0. The van der Waals surface area contributed by atoms with Crippen molar-refractivity contribution in [1.29, 1.82) is 5.26 Å². The highest BCUT2D eigenvalue weighted by Crippen LogP contribution is 2.42. The van der Waals surface area contributed by atoms with E-state index in [9.17, 15) is 21.6 Å². The van der Waals surface area contributed by atoms with Gasteiger partial charge in [0.25, 0.3) is 9.05 Å². The Balaban J connectivity index is 3.56. The molecule has 0 amide bonds. The molecule has 0 spiro atoms. The summed E-state index contributed by atoms with van der Waals surface area (Å²) < 4.78 is 59.5. The molecule has 0 atom stereocenters. The van der Waals surface area contributed by atoms with Crippen LogP contribution in [0.3, 0.4) is 0 Å². The molecule has 98 valence electrons. The van der Waals surface area contributed by atoms with E-state index in [1.54, 1.807) is 6.07 Å². The number of rotatable bonds is 2. The van der Waals surface area contributed by atoms with Crippen molar-refractivity contribution >= 4 is 31.5 Å². The third-order valence-electron chi connectivity index (χ3n) is 1.96. The molecule has 0 aromatic heterocycles. The molecule has 0 bridgehead atoms. The fraction of sp³-hybridized carbons (Fsp3) is 0.222. The predicted octanol–water partition coefficient (Wildman–Crippen LogP) is 3.41. The van der Waals surface area contributed by atoms with Crippen molar-refractivity contribution in [2.75, 3.05) is 0 Å². The van der Waals surface area contributed by atoms with Gasteiger partial charge in [-0.3, -0.25) is 0 Å². The van der Waals surface area contributed by atoms with Gasteiger partial charge in [0.2, 0.25) is 0 Å². The Kier molecular flexibility index (Phi) is 4.20. The highest BCUT2D eigenvalue weighted by atomic mass is 35.7. The van der Waals surface area contributed by atoms with Gasteiger partial charge >= 0.3 is 5.51 Å². The molecule has 1 aromatic carbocycles. The second-order valence-electron chi connectivity index (χ2n) is 3.16. The van der Waals surface area contributed by atoms with Gasteiger partial charge in [0.05, 0.1) is 11.6 Å². The Morgan fingerprint density at radius 1 is 1.39 bits per heavy atom. The molecule has 0 heterocycles. The molecule has 0 N–H and O–H groups in total. The maximum absolute atomic E-state index is 12.3. The van der Waals surface area contributed by atoms with Crippen LogP contribution in [0, 0.1) is 18.3 Å². The fourth-order valence-corrected chi connectivity index (χ4v) is 3.90. The summed E-state index contributed by atoms with van der Waals surface area (Å²) in [6, 6.07) is 3.72. The number of benzene rings is 1. The fourth-order valence-electron chi connectivity index (χ4n) is 1.30. The molecule has 9 heteroatoms. The molecule has 0 unspecified atom stereocenters. The van der Waals surface area contributed by atoms with Gasteiger partial charge in [-0.05, 0) is 36.4 Å². The van der Waals surface area contributed by atoms with E-state index in [0.29, 0.717) is 0 Å². The van der Waals surface area contributed by atoms with E-state index >= 15 is 0 Å². The molecule has 0 fully saturated rings. The van der Waals surface area contributed by atoms with Crippen molar-refractivity contribution in [3.8, 4) is 6.07 Å². The van der Waals surface area contributed by atoms with Gasteiger partial charge in [-0.15, -0.1) is 0 Å². The van der Waals surface area contributed by atoms with Crippen LogP contribution in [0.2, 0.25) is 0 Å². The zero-order valence-corrected chi connectivity index (χ0v) is 11.1. The molecule has 3 nitrogen and oxygen atoms in total. The second-order valence-corrected chi connectivity index (χ2v) is 6.77. The summed E-state index contributed by atoms with van der Waals surface area (Å²) in [5.41, 5.74) is -4.78. The van der Waals surface area contributed by atoms with Crippen molar-refractivity contribution in [3.63, 3.8) is 0 Å². The maximum Gasteiger partial charge on any atom is 0.446 e. The minimum Gasteiger partial charge on any atom is -0.207 e. The van der Waals surface area contributed by atoms with Crippen molar-refractivity contribution in [1.82, 2.24) is 0 Å². The van der Waals surface area contributed by atoms with Crippen LogP contribution >= 0.6 is 22.4 Å². The monoisotopic (exact) mass is 315 g/mol. The number of nitriles is 1. The molecular weight excluding hydrogens is 311 g/mol. The average molecular weight is 316 g/mol. The molecule has 0 aliphatic carbocycles. The van der Waals surface area contributed by atoms with Crippen LogP contribution in [0.25, 0.3) is 0 Å². The summed E-state index contributed by atoms with van der Waals surface area (Å²) in [5, 5.41) is 8.72. The largest absolute Gasteiger partial charge is 0.446 e.